The third-order valence-electron chi connectivity index (χ3n) is 3.04. The molecule has 0 bridgehead atoms. The van der Waals surface area contributed by atoms with Crippen LogP contribution in [0.3, 0.4) is 0 Å². The molecule has 1 aromatic carbocycles. The number of carbonyl (C=O) groups excluding carboxylic acids is 1. The zero-order valence-corrected chi connectivity index (χ0v) is 12.3. The number of amides is 1. The van der Waals surface area contributed by atoms with Gasteiger partial charge < -0.3 is 19.6 Å². The van der Waals surface area contributed by atoms with Crippen LogP contribution in [0.25, 0.3) is 0 Å². The molecule has 2 N–H and O–H groups in total. The lowest BCUT2D eigenvalue weighted by Crippen LogP contribution is -2.26. The number of halogens is 1. The van der Waals surface area contributed by atoms with E-state index in [4.69, 9.17) is 20.8 Å². The Labute approximate surface area is 127 Å². The molecule has 6 heteroatoms. The van der Waals surface area contributed by atoms with Crippen molar-refractivity contribution in [3.8, 4) is 5.75 Å². The van der Waals surface area contributed by atoms with Crippen molar-refractivity contribution in [3.63, 3.8) is 0 Å². The molecule has 0 aliphatic carbocycles. The highest BCUT2D eigenvalue weighted by molar-refractivity contribution is 6.31. The summed E-state index contributed by atoms with van der Waals surface area (Å²) in [6, 6.07) is 6.52. The molecule has 1 atom stereocenters. The number of methoxy groups -OCH3 is 1. The molecule has 2 rings (SSSR count). The van der Waals surface area contributed by atoms with E-state index in [1.165, 1.54) is 19.6 Å². The van der Waals surface area contributed by atoms with Crippen LogP contribution in [-0.4, -0.2) is 24.7 Å². The number of aliphatic hydroxyl groups is 1. The first-order chi connectivity index (χ1) is 10.1. The highest BCUT2D eigenvalue weighted by Crippen LogP contribution is 2.22. The van der Waals surface area contributed by atoms with Crippen molar-refractivity contribution >= 4 is 17.5 Å². The van der Waals surface area contributed by atoms with E-state index in [0.717, 1.165) is 0 Å². The molecule has 0 aliphatic heterocycles. The molecule has 0 saturated carbocycles. The summed E-state index contributed by atoms with van der Waals surface area (Å²) in [5, 5.41) is 13.1. The Morgan fingerprint density at radius 1 is 1.48 bits per heavy atom. The number of hydrogen-bond donors (Lipinski definition) is 2. The summed E-state index contributed by atoms with van der Waals surface area (Å²) in [6.07, 6.45) is 2.68. The van der Waals surface area contributed by atoms with Crippen molar-refractivity contribution in [2.45, 2.75) is 12.5 Å². The first-order valence-corrected chi connectivity index (χ1v) is 6.81. The van der Waals surface area contributed by atoms with Gasteiger partial charge in [0.15, 0.2) is 0 Å². The maximum atomic E-state index is 12.1. The molecule has 1 unspecified atom stereocenters. The Morgan fingerprint density at radius 3 is 2.95 bits per heavy atom. The van der Waals surface area contributed by atoms with Gasteiger partial charge in [-0.25, -0.2) is 0 Å². The van der Waals surface area contributed by atoms with Gasteiger partial charge in [0.1, 0.15) is 5.75 Å². The van der Waals surface area contributed by atoms with E-state index >= 15 is 0 Å². The van der Waals surface area contributed by atoms with Crippen LogP contribution in [-0.2, 0) is 0 Å². The number of furan rings is 1. The van der Waals surface area contributed by atoms with Crippen LogP contribution in [0, 0.1) is 0 Å². The Kier molecular flexibility index (Phi) is 5.25. The van der Waals surface area contributed by atoms with Crippen LogP contribution in [0.2, 0.25) is 5.02 Å². The molecule has 1 aromatic heterocycles. The lowest BCUT2D eigenvalue weighted by Gasteiger charge is -2.11. The second kappa shape index (κ2) is 7.15. The minimum Gasteiger partial charge on any atom is -0.496 e. The number of benzene rings is 1. The average molecular weight is 310 g/mol. The van der Waals surface area contributed by atoms with Gasteiger partial charge in [0.05, 0.1) is 31.3 Å². The van der Waals surface area contributed by atoms with E-state index in [-0.39, 0.29) is 5.91 Å². The van der Waals surface area contributed by atoms with Crippen LogP contribution in [0.1, 0.15) is 28.4 Å². The summed E-state index contributed by atoms with van der Waals surface area (Å²) >= 11 is 5.88. The second-order valence-corrected chi connectivity index (χ2v) is 4.90. The van der Waals surface area contributed by atoms with E-state index in [1.807, 2.05) is 0 Å². The average Bonchev–Trinajstić information content (AvgIpc) is 3.01. The van der Waals surface area contributed by atoms with Gasteiger partial charge >= 0.3 is 0 Å². The summed E-state index contributed by atoms with van der Waals surface area (Å²) in [5.41, 5.74) is 1.05. The topological polar surface area (TPSA) is 71.7 Å². The number of nitrogens with one attached hydrogen (secondary N) is 1. The predicted molar refractivity (Wildman–Crippen MR) is 78.6 cm³/mol. The lowest BCUT2D eigenvalue weighted by atomic mass is 10.1. The first kappa shape index (κ1) is 15.4. The Morgan fingerprint density at radius 2 is 2.29 bits per heavy atom. The minimum absolute atomic E-state index is 0.297. The molecule has 0 fully saturated rings. The summed E-state index contributed by atoms with van der Waals surface area (Å²) < 4.78 is 10.0. The number of aliphatic hydroxyl groups excluding tert-OH is 1. The van der Waals surface area contributed by atoms with Crippen LogP contribution >= 0.6 is 11.6 Å². The highest BCUT2D eigenvalue weighted by Gasteiger charge is 2.14. The lowest BCUT2D eigenvalue weighted by molar-refractivity contribution is 0.0939. The maximum absolute atomic E-state index is 12.1. The molecule has 0 saturated heterocycles. The SMILES string of the molecule is COc1ccc(Cl)cc1C(=O)NCCC(O)c1ccoc1. The minimum atomic E-state index is -0.676. The van der Waals surface area contributed by atoms with Gasteiger partial charge in [-0.05, 0) is 30.7 Å². The van der Waals surface area contributed by atoms with E-state index in [0.29, 0.717) is 34.9 Å². The fraction of sp³-hybridized carbons (Fsp3) is 0.267. The third kappa shape index (κ3) is 4.00. The molecule has 0 spiro atoms. The van der Waals surface area contributed by atoms with Crippen molar-refractivity contribution in [3.05, 3.63) is 52.9 Å². The van der Waals surface area contributed by atoms with Crippen molar-refractivity contribution < 1.29 is 19.1 Å². The van der Waals surface area contributed by atoms with Crippen LogP contribution in [0.15, 0.2) is 41.2 Å². The Balaban J connectivity index is 1.91. The van der Waals surface area contributed by atoms with E-state index < -0.39 is 6.10 Å². The Bertz CT molecular complexity index is 598. The van der Waals surface area contributed by atoms with Gasteiger partial charge in [-0.2, -0.15) is 0 Å². The molecule has 1 heterocycles. The summed E-state index contributed by atoms with van der Waals surface area (Å²) in [5.74, 6) is 0.154. The zero-order chi connectivity index (χ0) is 15.2. The molecular weight excluding hydrogens is 294 g/mol. The first-order valence-electron chi connectivity index (χ1n) is 6.43. The fourth-order valence-electron chi connectivity index (χ4n) is 1.91. The number of rotatable bonds is 6. The summed E-state index contributed by atoms with van der Waals surface area (Å²) in [4.78, 5) is 12.1. The fourth-order valence-corrected chi connectivity index (χ4v) is 2.08. The van der Waals surface area contributed by atoms with E-state index in [1.54, 1.807) is 24.3 Å². The van der Waals surface area contributed by atoms with Crippen molar-refractivity contribution in [1.82, 2.24) is 5.32 Å². The van der Waals surface area contributed by atoms with Crippen molar-refractivity contribution in [1.29, 1.82) is 0 Å². The van der Waals surface area contributed by atoms with Crippen LogP contribution < -0.4 is 10.1 Å². The quantitative estimate of drug-likeness (QED) is 0.860. The molecule has 5 nitrogen and oxygen atoms in total. The number of ether oxygens (including phenoxy) is 1. The van der Waals surface area contributed by atoms with E-state index in [2.05, 4.69) is 5.32 Å². The molecule has 112 valence electrons. The number of carbonyl (C=O) groups is 1. The zero-order valence-electron chi connectivity index (χ0n) is 11.5. The molecular formula is C15H16ClNO4. The van der Waals surface area contributed by atoms with Crippen LogP contribution in [0.5, 0.6) is 5.75 Å². The predicted octanol–water partition coefficient (Wildman–Crippen LogP) is 2.80. The van der Waals surface area contributed by atoms with Gasteiger partial charge in [-0.15, -0.1) is 0 Å². The second-order valence-electron chi connectivity index (χ2n) is 4.46. The monoisotopic (exact) mass is 309 g/mol. The van der Waals surface area contributed by atoms with Gasteiger partial charge in [-0.1, -0.05) is 11.6 Å². The standard InChI is InChI=1S/C15H16ClNO4/c1-20-14-3-2-11(16)8-12(14)15(19)17-6-4-13(18)10-5-7-21-9-10/h2-3,5,7-9,13,18H,4,6H2,1H3,(H,17,19). The normalized spacial score (nSPS) is 12.0. The molecule has 0 radical (unpaired) electrons. The highest BCUT2D eigenvalue weighted by atomic mass is 35.5. The van der Waals surface area contributed by atoms with Crippen molar-refractivity contribution in [2.75, 3.05) is 13.7 Å². The van der Waals surface area contributed by atoms with Gasteiger partial charge in [-0.3, -0.25) is 4.79 Å². The van der Waals surface area contributed by atoms with Gasteiger partial charge in [0, 0.05) is 17.1 Å². The molecule has 21 heavy (non-hydrogen) atoms. The summed E-state index contributed by atoms with van der Waals surface area (Å²) in [6.45, 7) is 0.320. The Hall–Kier alpha value is -1.98. The largest absolute Gasteiger partial charge is 0.496 e. The van der Waals surface area contributed by atoms with Crippen molar-refractivity contribution in [2.24, 2.45) is 0 Å². The van der Waals surface area contributed by atoms with Crippen LogP contribution in [0.4, 0.5) is 0 Å². The molecule has 2 aromatic rings. The molecule has 0 aliphatic rings. The maximum Gasteiger partial charge on any atom is 0.255 e. The summed E-state index contributed by atoms with van der Waals surface area (Å²) in [7, 11) is 1.49. The smallest absolute Gasteiger partial charge is 0.255 e. The van der Waals surface area contributed by atoms with Gasteiger partial charge in [0.25, 0.3) is 5.91 Å². The van der Waals surface area contributed by atoms with Gasteiger partial charge in [0.2, 0.25) is 0 Å². The van der Waals surface area contributed by atoms with E-state index in [9.17, 15) is 9.90 Å². The molecule has 1 amide bonds. The third-order valence-corrected chi connectivity index (χ3v) is 3.27. The number of hydrogen-bond acceptors (Lipinski definition) is 4.